The lowest BCUT2D eigenvalue weighted by Gasteiger charge is -2.34. The molecule has 0 nitrogen and oxygen atoms in total. The molecule has 0 aromatic heterocycles. The normalized spacial score (nSPS) is 38.6. The van der Waals surface area contributed by atoms with E-state index >= 15 is 0 Å². The van der Waals surface area contributed by atoms with Gasteiger partial charge in [-0.15, -0.1) is 5.73 Å². The smallest absolute Gasteiger partial charge is 0.00134 e. The number of allylic oxidation sites excluding steroid dienone is 1. The van der Waals surface area contributed by atoms with E-state index in [1.807, 2.05) is 0 Å². The van der Waals surface area contributed by atoms with Crippen molar-refractivity contribution < 1.29 is 0 Å². The van der Waals surface area contributed by atoms with Gasteiger partial charge in [0.15, 0.2) is 0 Å². The summed E-state index contributed by atoms with van der Waals surface area (Å²) in [5, 5.41) is 0. The van der Waals surface area contributed by atoms with Crippen LogP contribution in [0.25, 0.3) is 0 Å². The number of rotatable bonds is 1. The summed E-state index contributed by atoms with van der Waals surface area (Å²) in [5.41, 5.74) is 6.11. The lowest BCUT2D eigenvalue weighted by molar-refractivity contribution is 0.179. The van der Waals surface area contributed by atoms with Crippen LogP contribution in [-0.2, 0) is 0 Å². The van der Waals surface area contributed by atoms with E-state index in [9.17, 15) is 0 Å². The minimum absolute atomic E-state index is 0.448. The summed E-state index contributed by atoms with van der Waals surface area (Å²) < 4.78 is 0. The second kappa shape index (κ2) is 3.00. The predicted molar refractivity (Wildman–Crippen MR) is 61.1 cm³/mol. The first-order valence-electron chi connectivity index (χ1n) is 5.97. The van der Waals surface area contributed by atoms with Gasteiger partial charge in [0.2, 0.25) is 0 Å². The van der Waals surface area contributed by atoms with Crippen LogP contribution in [0.3, 0.4) is 0 Å². The molecule has 0 heterocycles. The van der Waals surface area contributed by atoms with Gasteiger partial charge in [-0.05, 0) is 48.7 Å². The lowest BCUT2D eigenvalue weighted by Crippen LogP contribution is -2.27. The molecule has 14 heavy (non-hydrogen) atoms. The molecule has 0 N–H and O–H groups in total. The van der Waals surface area contributed by atoms with Crippen LogP contribution in [0.5, 0.6) is 0 Å². The zero-order valence-corrected chi connectivity index (χ0v) is 9.98. The maximum absolute atomic E-state index is 3.55. The van der Waals surface area contributed by atoms with Gasteiger partial charge in [0.05, 0.1) is 0 Å². The summed E-state index contributed by atoms with van der Waals surface area (Å²) in [6.07, 6.45) is 7.44. The second-order valence-corrected chi connectivity index (χ2v) is 5.73. The minimum atomic E-state index is 0.448. The van der Waals surface area contributed by atoms with E-state index in [0.29, 0.717) is 10.8 Å². The fraction of sp³-hybridized carbons (Fsp3) is 0.786. The van der Waals surface area contributed by atoms with E-state index in [-0.39, 0.29) is 0 Å². The van der Waals surface area contributed by atoms with E-state index < -0.39 is 0 Å². The maximum Gasteiger partial charge on any atom is 0.00134 e. The summed E-state index contributed by atoms with van der Waals surface area (Å²) in [4.78, 5) is 0. The largest absolute Gasteiger partial charge is 0.125 e. The topological polar surface area (TPSA) is 0 Å². The molecule has 0 amide bonds. The van der Waals surface area contributed by atoms with Crippen LogP contribution in [0.2, 0.25) is 0 Å². The van der Waals surface area contributed by atoms with Crippen molar-refractivity contribution in [3.8, 4) is 0 Å². The average molecular weight is 190 g/mol. The Kier molecular flexibility index (Phi) is 2.16. The van der Waals surface area contributed by atoms with Gasteiger partial charge >= 0.3 is 0 Å². The molecule has 0 aromatic rings. The third-order valence-corrected chi connectivity index (χ3v) is 5.03. The van der Waals surface area contributed by atoms with Crippen molar-refractivity contribution in [2.75, 3.05) is 0 Å². The third-order valence-electron chi connectivity index (χ3n) is 5.03. The van der Waals surface area contributed by atoms with E-state index in [0.717, 1.165) is 12.3 Å². The number of hydrogen-bond acceptors (Lipinski definition) is 0. The molecule has 2 aliphatic rings. The monoisotopic (exact) mass is 190 g/mol. The van der Waals surface area contributed by atoms with Crippen LogP contribution in [-0.4, -0.2) is 0 Å². The Balaban J connectivity index is 2.41. The molecule has 0 aliphatic heterocycles. The summed E-state index contributed by atoms with van der Waals surface area (Å²) in [7, 11) is 0. The molecular formula is C14H22. The Hall–Kier alpha value is -0.480. The zero-order chi connectivity index (χ0) is 10.4. The molecule has 0 unspecified atom stereocenters. The van der Waals surface area contributed by atoms with Gasteiger partial charge in [-0.3, -0.25) is 0 Å². The molecule has 2 aliphatic carbocycles. The highest BCUT2D eigenvalue weighted by molar-refractivity contribution is 5.28. The van der Waals surface area contributed by atoms with Gasteiger partial charge in [-0.25, -0.2) is 0 Å². The van der Waals surface area contributed by atoms with Crippen molar-refractivity contribution in [3.63, 3.8) is 0 Å². The summed E-state index contributed by atoms with van der Waals surface area (Å²) in [6.45, 7) is 9.54. The van der Waals surface area contributed by atoms with Gasteiger partial charge in [0, 0.05) is 5.41 Å². The van der Waals surface area contributed by atoms with Crippen LogP contribution in [0.15, 0.2) is 17.4 Å². The molecule has 2 rings (SSSR count). The van der Waals surface area contributed by atoms with Crippen molar-refractivity contribution in [1.82, 2.24) is 0 Å². The minimum Gasteiger partial charge on any atom is -0.125 e. The predicted octanol–water partition coefficient (Wildman–Crippen LogP) is 4.32. The van der Waals surface area contributed by atoms with E-state index in [1.54, 1.807) is 5.57 Å². The molecule has 2 fully saturated rings. The fourth-order valence-corrected chi connectivity index (χ4v) is 3.41. The van der Waals surface area contributed by atoms with Crippen LogP contribution in [0, 0.1) is 16.7 Å². The Morgan fingerprint density at radius 2 is 2.14 bits per heavy atom. The summed E-state index contributed by atoms with van der Waals surface area (Å²) in [5.74, 6) is 0.917. The summed E-state index contributed by atoms with van der Waals surface area (Å²) >= 11 is 0. The molecule has 2 bridgehead atoms. The van der Waals surface area contributed by atoms with Crippen molar-refractivity contribution in [1.29, 1.82) is 0 Å². The van der Waals surface area contributed by atoms with Crippen molar-refractivity contribution in [2.45, 2.75) is 53.4 Å². The van der Waals surface area contributed by atoms with Crippen molar-refractivity contribution >= 4 is 0 Å². The van der Waals surface area contributed by atoms with Gasteiger partial charge in [-0.2, -0.15) is 0 Å². The highest BCUT2D eigenvalue weighted by Crippen LogP contribution is 2.67. The Labute approximate surface area is 88.1 Å². The molecule has 0 spiro atoms. The third kappa shape index (κ3) is 1.07. The van der Waals surface area contributed by atoms with Crippen LogP contribution >= 0.6 is 0 Å². The molecule has 0 heteroatoms. The first-order valence-corrected chi connectivity index (χ1v) is 5.97. The second-order valence-electron chi connectivity index (χ2n) is 5.73. The SMILES string of the molecule is CCC=C=C1C[C@H]2CC[C@]1(C)C2(C)C. The molecule has 0 aromatic carbocycles. The summed E-state index contributed by atoms with van der Waals surface area (Å²) in [6, 6.07) is 0. The highest BCUT2D eigenvalue weighted by Gasteiger charge is 2.58. The molecule has 0 saturated heterocycles. The van der Waals surface area contributed by atoms with Crippen LogP contribution < -0.4 is 0 Å². The lowest BCUT2D eigenvalue weighted by atomic mass is 9.69. The zero-order valence-electron chi connectivity index (χ0n) is 9.98. The highest BCUT2D eigenvalue weighted by atomic mass is 14.6. The Bertz CT molecular complexity index is 302. The first-order chi connectivity index (χ1) is 6.52. The van der Waals surface area contributed by atoms with Gasteiger partial charge in [0.1, 0.15) is 0 Å². The van der Waals surface area contributed by atoms with Gasteiger partial charge in [0.25, 0.3) is 0 Å². The number of fused-ring (bicyclic) bond motifs is 2. The van der Waals surface area contributed by atoms with Gasteiger partial charge in [-0.1, -0.05) is 27.7 Å². The standard InChI is InChI=1S/C14H22/c1-5-6-7-12-10-11-8-9-14(12,4)13(11,2)3/h6,11H,5,8-10H2,1-4H3/t7?,11-,14+/m1/s1. The van der Waals surface area contributed by atoms with Crippen LogP contribution in [0.4, 0.5) is 0 Å². The number of hydrogen-bond donors (Lipinski definition) is 0. The maximum atomic E-state index is 3.55. The fourth-order valence-electron chi connectivity index (χ4n) is 3.41. The van der Waals surface area contributed by atoms with E-state index in [1.165, 1.54) is 19.3 Å². The van der Waals surface area contributed by atoms with Gasteiger partial charge < -0.3 is 0 Å². The average Bonchev–Trinajstić information content (AvgIpc) is 2.46. The van der Waals surface area contributed by atoms with Crippen molar-refractivity contribution in [3.05, 3.63) is 17.4 Å². The molecular weight excluding hydrogens is 168 g/mol. The molecule has 2 saturated carbocycles. The quantitative estimate of drug-likeness (QED) is 0.540. The van der Waals surface area contributed by atoms with Crippen LogP contribution in [0.1, 0.15) is 53.4 Å². The van der Waals surface area contributed by atoms with E-state index in [2.05, 4.69) is 39.5 Å². The molecule has 2 atom stereocenters. The Morgan fingerprint density at radius 1 is 1.43 bits per heavy atom. The van der Waals surface area contributed by atoms with E-state index in [4.69, 9.17) is 0 Å². The Morgan fingerprint density at radius 3 is 2.57 bits per heavy atom. The molecule has 78 valence electrons. The van der Waals surface area contributed by atoms with Crippen molar-refractivity contribution in [2.24, 2.45) is 16.7 Å². The molecule has 0 radical (unpaired) electrons. The first kappa shape index (κ1) is 10.1.